The summed E-state index contributed by atoms with van der Waals surface area (Å²) in [6.45, 7) is 2.40. The third kappa shape index (κ3) is 7.05. The Kier molecular flexibility index (Phi) is 10.0. The number of hydrogen-bond acceptors (Lipinski definition) is 3. The molecule has 2 heterocycles. The highest BCUT2D eigenvalue weighted by Crippen LogP contribution is 2.57. The number of halogens is 2. The average Bonchev–Trinajstić information content (AvgIpc) is 3.85. The molecule has 0 bridgehead atoms. The highest BCUT2D eigenvalue weighted by atomic mass is 19.1. The molecule has 0 saturated carbocycles. The first-order valence-corrected chi connectivity index (χ1v) is 23.4. The molecule has 3 atom stereocenters. The molecule has 0 fully saturated rings. The zero-order valence-corrected chi connectivity index (χ0v) is 37.3. The predicted molar refractivity (Wildman–Crippen MR) is 271 cm³/mol. The van der Waals surface area contributed by atoms with Crippen molar-refractivity contribution in [2.75, 3.05) is 14.7 Å². The lowest BCUT2D eigenvalue weighted by molar-refractivity contribution is 0.388. The van der Waals surface area contributed by atoms with E-state index in [1.54, 1.807) is 18.2 Å². The minimum Gasteiger partial charge on any atom is -0.334 e. The van der Waals surface area contributed by atoms with Crippen LogP contribution in [0.5, 0.6) is 0 Å². The van der Waals surface area contributed by atoms with Gasteiger partial charge in [-0.3, -0.25) is 0 Å². The van der Waals surface area contributed by atoms with Gasteiger partial charge in [-0.1, -0.05) is 97.1 Å². The standard InChI is InChI=1S/C61H48F2N4/c1-61-39-38-53(41-57(61)55-17-9-11-19-60(55)67(61)51-14-6-3-7-15-51)65(50-34-26-45(63)27-35-50)48-30-22-43(23-31-48)42-20-28-47(29-21-42)64(49-32-24-44(62)25-33-49)52-36-37-59-56(40-52)54-16-8-10-18-58(54)66(59)46-12-4-2-5-13-46/h2-4,6-12,14-22,24,26-32,34-37,40-41,43,57H,5,13,23,38-39H2,1H3/t43?,57?,61-/m0/s1. The number of aromatic nitrogens is 1. The summed E-state index contributed by atoms with van der Waals surface area (Å²) in [5, 5.41) is 2.34. The zero-order chi connectivity index (χ0) is 45.1. The van der Waals surface area contributed by atoms with Crippen LogP contribution in [0.4, 0.5) is 42.9 Å². The SMILES string of the molecule is C[C@]12CCC(N(C3=CCC(c4ccc(N(c5c#cc(F)cc5)c5ccc6c(c5)c5ccccc5n6C5=CC=CCC5)cc4)C=C3)c3ccc(F)cc3)=CC1c1ccccc1N2c1ccccc1. The summed E-state index contributed by atoms with van der Waals surface area (Å²) in [5.41, 5.74) is 14.3. The molecule has 67 heavy (non-hydrogen) atoms. The van der Waals surface area contributed by atoms with Crippen LogP contribution in [0.1, 0.15) is 62.0 Å². The molecule has 8 aromatic rings. The van der Waals surface area contributed by atoms with E-state index in [1.807, 2.05) is 12.1 Å². The van der Waals surface area contributed by atoms with Gasteiger partial charge in [0.15, 0.2) is 5.82 Å². The quantitative estimate of drug-likeness (QED) is 0.144. The Morgan fingerprint density at radius 2 is 1.43 bits per heavy atom. The first kappa shape index (κ1) is 40.6. The molecule has 1 aromatic heterocycles. The lowest BCUT2D eigenvalue weighted by Crippen LogP contribution is -2.45. The number of anilines is 6. The van der Waals surface area contributed by atoms with Crippen molar-refractivity contribution in [1.82, 2.24) is 4.57 Å². The molecule has 7 aromatic carbocycles. The lowest BCUT2D eigenvalue weighted by atomic mass is 9.75. The minimum absolute atomic E-state index is 0.142. The van der Waals surface area contributed by atoms with Crippen molar-refractivity contribution < 1.29 is 8.78 Å². The van der Waals surface area contributed by atoms with Crippen LogP contribution in [0, 0.1) is 23.8 Å². The largest absolute Gasteiger partial charge is 0.334 e. The van der Waals surface area contributed by atoms with E-state index in [-0.39, 0.29) is 23.2 Å². The minimum atomic E-state index is -0.446. The maximum absolute atomic E-state index is 14.4. The molecule has 12 rings (SSSR count). The summed E-state index contributed by atoms with van der Waals surface area (Å²) < 4.78 is 31.2. The fraction of sp³-hybridized carbons (Fsp3) is 0.148. The van der Waals surface area contributed by atoms with Crippen molar-refractivity contribution in [1.29, 1.82) is 0 Å². The fourth-order valence-electron chi connectivity index (χ4n) is 11.2. The van der Waals surface area contributed by atoms with Gasteiger partial charge in [-0.05, 0) is 165 Å². The van der Waals surface area contributed by atoms with Crippen LogP contribution >= 0.6 is 0 Å². The molecule has 2 unspecified atom stereocenters. The second-order valence-electron chi connectivity index (χ2n) is 18.3. The van der Waals surface area contributed by atoms with Gasteiger partial charge < -0.3 is 19.3 Å². The van der Waals surface area contributed by atoms with Crippen LogP contribution in [-0.2, 0) is 0 Å². The van der Waals surface area contributed by atoms with Crippen LogP contribution in [0.25, 0.3) is 27.5 Å². The highest BCUT2D eigenvalue weighted by Gasteiger charge is 2.50. The maximum atomic E-state index is 14.4. The van der Waals surface area contributed by atoms with Crippen LogP contribution in [0.15, 0.2) is 212 Å². The molecule has 0 amide bonds. The Balaban J connectivity index is 0.859. The Labute approximate surface area is 391 Å². The van der Waals surface area contributed by atoms with Gasteiger partial charge in [-0.2, -0.15) is 4.39 Å². The first-order chi connectivity index (χ1) is 32.9. The van der Waals surface area contributed by atoms with E-state index in [9.17, 15) is 8.78 Å². The summed E-state index contributed by atoms with van der Waals surface area (Å²) in [4.78, 5) is 7.02. The molecule has 6 heteroatoms. The van der Waals surface area contributed by atoms with Crippen molar-refractivity contribution in [3.8, 4) is 0 Å². The monoisotopic (exact) mass is 874 g/mol. The molecule has 4 nitrogen and oxygen atoms in total. The average molecular weight is 875 g/mol. The maximum Gasteiger partial charge on any atom is 0.173 e. The lowest BCUT2D eigenvalue weighted by Gasteiger charge is -2.45. The van der Waals surface area contributed by atoms with E-state index >= 15 is 0 Å². The van der Waals surface area contributed by atoms with Gasteiger partial charge in [-0.15, -0.1) is 0 Å². The molecule has 4 aliphatic rings. The van der Waals surface area contributed by atoms with Crippen molar-refractivity contribution in [2.24, 2.45) is 0 Å². The van der Waals surface area contributed by atoms with E-state index in [0.29, 0.717) is 5.69 Å². The second kappa shape index (κ2) is 16.5. The van der Waals surface area contributed by atoms with Gasteiger partial charge in [0.05, 0.1) is 22.3 Å². The molecule has 0 radical (unpaired) electrons. The van der Waals surface area contributed by atoms with Crippen LogP contribution in [0.3, 0.4) is 0 Å². The second-order valence-corrected chi connectivity index (χ2v) is 18.3. The van der Waals surface area contributed by atoms with E-state index in [2.05, 4.69) is 202 Å². The van der Waals surface area contributed by atoms with Crippen molar-refractivity contribution in [3.63, 3.8) is 0 Å². The predicted octanol–water partition coefficient (Wildman–Crippen LogP) is 16.1. The van der Waals surface area contributed by atoms with Crippen molar-refractivity contribution in [3.05, 3.63) is 247 Å². The smallest absolute Gasteiger partial charge is 0.173 e. The molecular formula is C61H48F2N4. The molecule has 1 aliphatic heterocycles. The Morgan fingerprint density at radius 1 is 0.687 bits per heavy atom. The third-order valence-corrected chi connectivity index (χ3v) is 14.4. The third-order valence-electron chi connectivity index (χ3n) is 14.4. The van der Waals surface area contributed by atoms with Crippen LogP contribution in [-0.4, -0.2) is 10.1 Å². The summed E-state index contributed by atoms with van der Waals surface area (Å²) in [7, 11) is 0. The van der Waals surface area contributed by atoms with Gasteiger partial charge in [0.25, 0.3) is 0 Å². The van der Waals surface area contributed by atoms with E-state index in [0.717, 1.165) is 65.8 Å². The van der Waals surface area contributed by atoms with Crippen LogP contribution < -0.4 is 14.7 Å². The summed E-state index contributed by atoms with van der Waals surface area (Å²) in [6, 6.07) is 59.4. The fourth-order valence-corrected chi connectivity index (χ4v) is 11.2. The number of fused-ring (bicyclic) bond motifs is 6. The number of benzene rings is 6. The van der Waals surface area contributed by atoms with Crippen molar-refractivity contribution >= 4 is 61.6 Å². The van der Waals surface area contributed by atoms with E-state index in [4.69, 9.17) is 0 Å². The summed E-state index contributed by atoms with van der Waals surface area (Å²) >= 11 is 0. The summed E-state index contributed by atoms with van der Waals surface area (Å²) in [5.74, 6) is -0.373. The highest BCUT2D eigenvalue weighted by molar-refractivity contribution is 6.11. The van der Waals surface area contributed by atoms with Gasteiger partial charge >= 0.3 is 0 Å². The molecular weight excluding hydrogens is 827 g/mol. The normalized spacial score (nSPS) is 19.6. The Hall–Kier alpha value is -7.88. The van der Waals surface area contributed by atoms with Gasteiger partial charge in [0.2, 0.25) is 0 Å². The van der Waals surface area contributed by atoms with Crippen LogP contribution in [0.2, 0.25) is 0 Å². The topological polar surface area (TPSA) is 14.7 Å². The molecule has 0 spiro atoms. The van der Waals surface area contributed by atoms with E-state index in [1.165, 1.54) is 50.9 Å². The number of hydrogen-bond donors (Lipinski definition) is 0. The van der Waals surface area contributed by atoms with Crippen molar-refractivity contribution in [2.45, 2.75) is 56.4 Å². The number of para-hydroxylation sites is 3. The molecule has 326 valence electrons. The number of allylic oxidation sites excluding steroid dienone is 8. The summed E-state index contributed by atoms with van der Waals surface area (Å²) in [6.07, 6.45) is 20.5. The molecule has 0 N–H and O–H groups in total. The van der Waals surface area contributed by atoms with Gasteiger partial charge in [-0.25, -0.2) is 4.39 Å². The first-order valence-electron chi connectivity index (χ1n) is 23.4. The van der Waals surface area contributed by atoms with E-state index < -0.39 is 5.82 Å². The molecule has 0 saturated heterocycles. The van der Waals surface area contributed by atoms with Gasteiger partial charge in [0.1, 0.15) is 5.82 Å². The zero-order valence-electron chi connectivity index (χ0n) is 37.3. The Bertz CT molecular complexity index is 3320. The number of rotatable bonds is 9. The van der Waals surface area contributed by atoms with Gasteiger partial charge in [0, 0.05) is 68.1 Å². The number of nitrogens with zero attached hydrogens (tertiary/aromatic N) is 4. The molecule has 3 aliphatic carbocycles. The Morgan fingerprint density at radius 3 is 2.21 bits per heavy atom.